The summed E-state index contributed by atoms with van der Waals surface area (Å²) in [5.74, 6) is -0.361. The Bertz CT molecular complexity index is 438. The highest BCUT2D eigenvalue weighted by atomic mass is 79.9. The van der Waals surface area contributed by atoms with Crippen LogP contribution in [-0.2, 0) is 4.74 Å². The normalized spacial score (nSPS) is 20.7. The third-order valence-electron chi connectivity index (χ3n) is 3.35. The van der Waals surface area contributed by atoms with Crippen LogP contribution in [0.15, 0.2) is 16.6 Å². The van der Waals surface area contributed by atoms with Crippen LogP contribution in [-0.4, -0.2) is 19.3 Å². The van der Waals surface area contributed by atoms with Crippen LogP contribution in [0.3, 0.4) is 0 Å². The Labute approximate surface area is 126 Å². The summed E-state index contributed by atoms with van der Waals surface area (Å²) < 4.78 is 20.6. The van der Waals surface area contributed by atoms with E-state index in [4.69, 9.17) is 16.3 Å². The largest absolute Gasteiger partial charge is 0.376 e. The molecule has 1 heterocycles. The Morgan fingerprint density at radius 3 is 3.00 bits per heavy atom. The van der Waals surface area contributed by atoms with Gasteiger partial charge in [-0.1, -0.05) is 24.6 Å². The maximum Gasteiger partial charge on any atom is 0.147 e. The molecule has 0 amide bonds. The lowest BCUT2D eigenvalue weighted by molar-refractivity contribution is 0.0771. The summed E-state index contributed by atoms with van der Waals surface area (Å²) in [4.78, 5) is 0. The quantitative estimate of drug-likeness (QED) is 0.792. The van der Waals surface area contributed by atoms with E-state index in [1.807, 2.05) is 0 Å². The van der Waals surface area contributed by atoms with Crippen molar-refractivity contribution in [2.45, 2.75) is 38.3 Å². The molecule has 2 unspecified atom stereocenters. The van der Waals surface area contributed by atoms with Gasteiger partial charge in [0.25, 0.3) is 0 Å². The predicted octanol–water partition coefficient (Wildman–Crippen LogP) is 4.46. The Morgan fingerprint density at radius 1 is 1.58 bits per heavy atom. The van der Waals surface area contributed by atoms with Gasteiger partial charge >= 0.3 is 0 Å². The second kappa shape index (κ2) is 7.02. The summed E-state index contributed by atoms with van der Waals surface area (Å²) in [7, 11) is 0. The molecule has 2 nitrogen and oxygen atoms in total. The fourth-order valence-electron chi connectivity index (χ4n) is 2.39. The van der Waals surface area contributed by atoms with Crippen LogP contribution in [0.4, 0.5) is 4.39 Å². The van der Waals surface area contributed by atoms with Crippen LogP contribution < -0.4 is 5.32 Å². The van der Waals surface area contributed by atoms with Gasteiger partial charge in [0.2, 0.25) is 0 Å². The minimum absolute atomic E-state index is 0.0262. The van der Waals surface area contributed by atoms with Gasteiger partial charge in [-0.25, -0.2) is 4.39 Å². The molecular weight excluding hydrogens is 333 g/mol. The maximum absolute atomic E-state index is 14.3. The number of nitrogens with one attached hydrogen (secondary N) is 1. The standard InChI is InChI=1S/C14H18BrClFNO/c1-2-7-18-14(11-4-3-8-19-11)9-5-6-10(15)12(16)13(9)17/h5-6,11,14,18H,2-4,7-8H2,1H3. The molecule has 1 aromatic carbocycles. The fraction of sp³-hybridized carbons (Fsp3) is 0.571. The lowest BCUT2D eigenvalue weighted by Crippen LogP contribution is -2.33. The minimum atomic E-state index is -0.361. The van der Waals surface area contributed by atoms with E-state index in [1.165, 1.54) is 0 Å². The van der Waals surface area contributed by atoms with Gasteiger partial charge in [-0.2, -0.15) is 0 Å². The van der Waals surface area contributed by atoms with Gasteiger partial charge in [0.05, 0.1) is 17.2 Å². The average molecular weight is 351 g/mol. The molecule has 0 aliphatic carbocycles. The van der Waals surface area contributed by atoms with Gasteiger partial charge in [-0.05, 0) is 47.8 Å². The Hall–Kier alpha value is -0.160. The molecule has 1 aliphatic heterocycles. The van der Waals surface area contributed by atoms with Crippen molar-refractivity contribution >= 4 is 27.5 Å². The summed E-state index contributed by atoms with van der Waals surface area (Å²) in [5.41, 5.74) is 0.591. The van der Waals surface area contributed by atoms with Gasteiger partial charge < -0.3 is 10.1 Å². The summed E-state index contributed by atoms with van der Waals surface area (Å²) in [6.07, 6.45) is 3.00. The first-order valence-corrected chi connectivity index (χ1v) is 7.80. The first-order chi connectivity index (χ1) is 9.15. The maximum atomic E-state index is 14.3. The van der Waals surface area contributed by atoms with Crippen LogP contribution in [0, 0.1) is 5.82 Å². The van der Waals surface area contributed by atoms with Crippen molar-refractivity contribution in [3.8, 4) is 0 Å². The second-order valence-electron chi connectivity index (χ2n) is 4.75. The number of halogens is 3. The van der Waals surface area contributed by atoms with E-state index >= 15 is 0 Å². The van der Waals surface area contributed by atoms with Crippen molar-refractivity contribution < 1.29 is 9.13 Å². The van der Waals surface area contributed by atoms with Crippen LogP contribution in [0.2, 0.25) is 5.02 Å². The molecule has 1 fully saturated rings. The zero-order valence-electron chi connectivity index (χ0n) is 10.9. The molecule has 2 rings (SSSR count). The van der Waals surface area contributed by atoms with Crippen LogP contribution in [0.1, 0.15) is 37.8 Å². The number of rotatable bonds is 5. The minimum Gasteiger partial charge on any atom is -0.376 e. The molecule has 0 radical (unpaired) electrons. The Balaban J connectivity index is 2.28. The Kier molecular flexibility index (Phi) is 5.63. The van der Waals surface area contributed by atoms with Gasteiger partial charge in [0.1, 0.15) is 5.82 Å². The summed E-state index contributed by atoms with van der Waals surface area (Å²) in [6, 6.07) is 3.43. The first kappa shape index (κ1) is 15.2. The SMILES string of the molecule is CCCNC(c1ccc(Br)c(Cl)c1F)C1CCCO1. The molecule has 2 atom stereocenters. The number of hydrogen-bond donors (Lipinski definition) is 1. The fourth-order valence-corrected chi connectivity index (χ4v) is 2.87. The molecule has 0 aromatic heterocycles. The average Bonchev–Trinajstić information content (AvgIpc) is 2.92. The van der Waals surface area contributed by atoms with Gasteiger partial charge in [0, 0.05) is 16.6 Å². The first-order valence-electron chi connectivity index (χ1n) is 6.63. The van der Waals surface area contributed by atoms with E-state index in [2.05, 4.69) is 28.2 Å². The molecule has 5 heteroatoms. The smallest absolute Gasteiger partial charge is 0.147 e. The van der Waals surface area contributed by atoms with Crippen molar-refractivity contribution in [2.75, 3.05) is 13.2 Å². The zero-order valence-corrected chi connectivity index (χ0v) is 13.2. The van der Waals surface area contributed by atoms with Gasteiger partial charge in [0.15, 0.2) is 0 Å². The van der Waals surface area contributed by atoms with Crippen LogP contribution in [0.5, 0.6) is 0 Å². The third kappa shape index (κ3) is 3.48. The molecule has 19 heavy (non-hydrogen) atoms. The highest BCUT2D eigenvalue weighted by molar-refractivity contribution is 9.10. The third-order valence-corrected chi connectivity index (χ3v) is 4.61. The van der Waals surface area contributed by atoms with E-state index in [0.717, 1.165) is 32.4 Å². The topological polar surface area (TPSA) is 21.3 Å². The number of ether oxygens (including phenoxy) is 1. The van der Waals surface area contributed by atoms with E-state index in [1.54, 1.807) is 12.1 Å². The van der Waals surface area contributed by atoms with Crippen molar-refractivity contribution in [3.05, 3.63) is 33.0 Å². The molecule has 1 saturated heterocycles. The molecule has 1 aliphatic rings. The Morgan fingerprint density at radius 2 is 2.37 bits per heavy atom. The van der Waals surface area contributed by atoms with Gasteiger partial charge in [-0.15, -0.1) is 0 Å². The molecular formula is C14H18BrClFNO. The van der Waals surface area contributed by atoms with Crippen molar-refractivity contribution in [2.24, 2.45) is 0 Å². The highest BCUT2D eigenvalue weighted by Crippen LogP contribution is 2.34. The van der Waals surface area contributed by atoms with Crippen LogP contribution in [0.25, 0.3) is 0 Å². The molecule has 0 spiro atoms. The van der Waals surface area contributed by atoms with Crippen LogP contribution >= 0.6 is 27.5 Å². The molecule has 0 bridgehead atoms. The molecule has 106 valence electrons. The van der Waals surface area contributed by atoms with E-state index in [9.17, 15) is 4.39 Å². The van der Waals surface area contributed by atoms with Crippen molar-refractivity contribution in [1.29, 1.82) is 0 Å². The van der Waals surface area contributed by atoms with Crippen molar-refractivity contribution in [1.82, 2.24) is 5.32 Å². The zero-order chi connectivity index (χ0) is 13.8. The molecule has 1 N–H and O–H groups in total. The molecule has 0 saturated carbocycles. The lowest BCUT2D eigenvalue weighted by atomic mass is 9.98. The van der Waals surface area contributed by atoms with Gasteiger partial charge in [-0.3, -0.25) is 0 Å². The predicted molar refractivity (Wildman–Crippen MR) is 79.1 cm³/mol. The van der Waals surface area contributed by atoms with E-state index in [0.29, 0.717) is 10.0 Å². The van der Waals surface area contributed by atoms with E-state index < -0.39 is 0 Å². The highest BCUT2D eigenvalue weighted by Gasteiger charge is 2.29. The second-order valence-corrected chi connectivity index (χ2v) is 5.98. The summed E-state index contributed by atoms with van der Waals surface area (Å²) >= 11 is 9.22. The number of benzene rings is 1. The monoisotopic (exact) mass is 349 g/mol. The van der Waals surface area contributed by atoms with E-state index in [-0.39, 0.29) is 23.0 Å². The summed E-state index contributed by atoms with van der Waals surface area (Å²) in [5, 5.41) is 3.51. The molecule has 1 aromatic rings. The number of hydrogen-bond acceptors (Lipinski definition) is 2. The summed E-state index contributed by atoms with van der Waals surface area (Å²) in [6.45, 7) is 3.67. The lowest BCUT2D eigenvalue weighted by Gasteiger charge is -2.25. The van der Waals surface area contributed by atoms with Crippen molar-refractivity contribution in [3.63, 3.8) is 0 Å².